The van der Waals surface area contributed by atoms with Crippen LogP contribution in [0.5, 0.6) is 0 Å². The van der Waals surface area contributed by atoms with Crippen molar-refractivity contribution in [3.63, 3.8) is 0 Å². The third-order valence-corrected chi connectivity index (χ3v) is 4.42. The van der Waals surface area contributed by atoms with Gasteiger partial charge in [-0.1, -0.05) is 35.9 Å². The molecule has 0 saturated heterocycles. The minimum atomic E-state index is 0.636. The highest BCUT2D eigenvalue weighted by atomic mass is 35.5. The maximum atomic E-state index is 6.07. The van der Waals surface area contributed by atoms with Gasteiger partial charge >= 0.3 is 0 Å². The van der Waals surface area contributed by atoms with E-state index in [1.165, 1.54) is 0 Å². The van der Waals surface area contributed by atoms with Crippen LogP contribution in [-0.2, 0) is 6.54 Å². The van der Waals surface area contributed by atoms with E-state index in [1.807, 2.05) is 24.3 Å². The Kier molecular flexibility index (Phi) is 6.71. The van der Waals surface area contributed by atoms with Gasteiger partial charge in [-0.2, -0.15) is 0 Å². The van der Waals surface area contributed by atoms with Gasteiger partial charge in [-0.05, 0) is 49.2 Å². The second-order valence-corrected chi connectivity index (χ2v) is 6.63. The minimum Gasteiger partial charge on any atom is -0.382 e. The Labute approximate surface area is 154 Å². The maximum absolute atomic E-state index is 6.07. The molecule has 3 N–H and O–H groups in total. The Morgan fingerprint density at radius 3 is 2.68 bits per heavy atom. The van der Waals surface area contributed by atoms with Gasteiger partial charge in [-0.3, -0.25) is 4.99 Å². The molecule has 0 saturated carbocycles. The second-order valence-electron chi connectivity index (χ2n) is 6.20. The van der Waals surface area contributed by atoms with E-state index < -0.39 is 0 Å². The Hall–Kier alpha value is -2.04. The number of anilines is 2. The van der Waals surface area contributed by atoms with Crippen molar-refractivity contribution in [3.05, 3.63) is 59.1 Å². The average Bonchev–Trinajstić information content (AvgIpc) is 2.61. The Balaban J connectivity index is 1.77. The fourth-order valence-corrected chi connectivity index (χ4v) is 3.07. The van der Waals surface area contributed by atoms with Gasteiger partial charge in [0.15, 0.2) is 0 Å². The largest absolute Gasteiger partial charge is 0.382 e. The zero-order chi connectivity index (χ0) is 17.3. The summed E-state index contributed by atoms with van der Waals surface area (Å²) in [7, 11) is 0. The lowest BCUT2D eigenvalue weighted by Gasteiger charge is -2.17. The predicted molar refractivity (Wildman–Crippen MR) is 108 cm³/mol. The van der Waals surface area contributed by atoms with E-state index in [0.29, 0.717) is 6.54 Å². The number of hydrogen-bond acceptors (Lipinski definition) is 3. The number of aliphatic imine (C=N–C) groups is 1. The summed E-state index contributed by atoms with van der Waals surface area (Å²) in [5, 5.41) is 11.2. The van der Waals surface area contributed by atoms with E-state index in [-0.39, 0.29) is 0 Å². The van der Waals surface area contributed by atoms with Gasteiger partial charge in [-0.25, -0.2) is 0 Å². The van der Waals surface area contributed by atoms with Gasteiger partial charge in [0.2, 0.25) is 0 Å². The zero-order valence-electron chi connectivity index (χ0n) is 14.4. The van der Waals surface area contributed by atoms with Crippen molar-refractivity contribution in [2.24, 2.45) is 4.99 Å². The van der Waals surface area contributed by atoms with Crippen LogP contribution in [0.25, 0.3) is 0 Å². The molecule has 1 aliphatic heterocycles. The second kappa shape index (κ2) is 9.44. The number of amidine groups is 1. The van der Waals surface area contributed by atoms with E-state index in [0.717, 1.165) is 66.7 Å². The zero-order valence-corrected chi connectivity index (χ0v) is 15.1. The molecule has 0 fully saturated rings. The standard InChI is InChI=1S/C20H25ClN4/c21-17-7-5-6-16(14-17)15-24-20-10-3-4-11-22-12-13-23-18-8-1-2-9-19(18)25-20/h1-2,5-9,14,22-23H,3-4,10-13,15H2,(H,24,25). The molecule has 0 aliphatic carbocycles. The van der Waals surface area contributed by atoms with Gasteiger partial charge in [0.05, 0.1) is 17.9 Å². The van der Waals surface area contributed by atoms with Crippen LogP contribution >= 0.6 is 11.6 Å². The molecular formula is C20H25ClN4. The highest BCUT2D eigenvalue weighted by molar-refractivity contribution is 6.30. The number of fused-ring (bicyclic) bond motifs is 1. The van der Waals surface area contributed by atoms with Crippen molar-refractivity contribution in [2.75, 3.05) is 30.3 Å². The quantitative estimate of drug-likeness (QED) is 0.740. The lowest BCUT2D eigenvalue weighted by atomic mass is 10.2. The van der Waals surface area contributed by atoms with Gasteiger partial charge in [-0.15, -0.1) is 0 Å². The van der Waals surface area contributed by atoms with Crippen LogP contribution in [0.1, 0.15) is 24.8 Å². The van der Waals surface area contributed by atoms with Crippen molar-refractivity contribution >= 4 is 28.8 Å². The number of halogens is 1. The van der Waals surface area contributed by atoms with E-state index >= 15 is 0 Å². The number of para-hydroxylation sites is 2. The van der Waals surface area contributed by atoms with Gasteiger partial charge in [0, 0.05) is 24.5 Å². The Morgan fingerprint density at radius 2 is 1.80 bits per heavy atom. The van der Waals surface area contributed by atoms with Crippen molar-refractivity contribution in [1.29, 1.82) is 0 Å². The molecule has 0 amide bonds. The van der Waals surface area contributed by atoms with Crippen molar-refractivity contribution in [3.8, 4) is 0 Å². The fraction of sp³-hybridized carbons (Fsp3) is 0.350. The van der Waals surface area contributed by atoms with Crippen LogP contribution in [0.4, 0.5) is 11.4 Å². The third-order valence-electron chi connectivity index (χ3n) is 4.18. The molecule has 0 bridgehead atoms. The number of nitrogens with one attached hydrogen (secondary N) is 3. The molecule has 2 aromatic rings. The normalized spacial score (nSPS) is 17.6. The number of rotatable bonds is 2. The SMILES string of the molecule is Clc1cccc(CN=C2CCCCNCCNc3ccccc3N2)c1. The molecule has 132 valence electrons. The molecule has 0 radical (unpaired) electrons. The molecule has 0 spiro atoms. The van der Waals surface area contributed by atoms with Crippen LogP contribution in [0.15, 0.2) is 53.5 Å². The van der Waals surface area contributed by atoms with Crippen LogP contribution in [0, 0.1) is 0 Å². The first-order chi connectivity index (χ1) is 12.3. The molecular weight excluding hydrogens is 332 g/mol. The molecule has 2 aromatic carbocycles. The monoisotopic (exact) mass is 356 g/mol. The first-order valence-electron chi connectivity index (χ1n) is 8.90. The summed E-state index contributed by atoms with van der Waals surface area (Å²) < 4.78 is 0. The van der Waals surface area contributed by atoms with E-state index in [4.69, 9.17) is 16.6 Å². The van der Waals surface area contributed by atoms with Crippen LogP contribution < -0.4 is 16.0 Å². The molecule has 5 heteroatoms. The van der Waals surface area contributed by atoms with Crippen molar-refractivity contribution < 1.29 is 0 Å². The molecule has 3 rings (SSSR count). The molecule has 4 nitrogen and oxygen atoms in total. The van der Waals surface area contributed by atoms with Crippen LogP contribution in [0.2, 0.25) is 5.02 Å². The summed E-state index contributed by atoms with van der Waals surface area (Å²) >= 11 is 6.07. The molecule has 0 aromatic heterocycles. The van der Waals surface area contributed by atoms with Gasteiger partial charge in [0.25, 0.3) is 0 Å². The fourth-order valence-electron chi connectivity index (χ4n) is 2.86. The Morgan fingerprint density at radius 1 is 0.920 bits per heavy atom. The predicted octanol–water partition coefficient (Wildman–Crippen LogP) is 4.54. The van der Waals surface area contributed by atoms with Crippen molar-refractivity contribution in [1.82, 2.24) is 5.32 Å². The summed E-state index contributed by atoms with van der Waals surface area (Å²) in [5.41, 5.74) is 3.31. The first-order valence-corrected chi connectivity index (χ1v) is 9.27. The number of hydrogen-bond donors (Lipinski definition) is 3. The summed E-state index contributed by atoms with van der Waals surface area (Å²) in [6.45, 7) is 3.57. The van der Waals surface area contributed by atoms with E-state index in [2.05, 4.69) is 40.2 Å². The maximum Gasteiger partial charge on any atom is 0.101 e. The summed E-state index contributed by atoms with van der Waals surface area (Å²) in [6, 6.07) is 16.2. The number of benzene rings is 2. The molecule has 0 unspecified atom stereocenters. The topological polar surface area (TPSA) is 48.5 Å². The molecule has 0 atom stereocenters. The third kappa shape index (κ3) is 5.76. The van der Waals surface area contributed by atoms with E-state index in [9.17, 15) is 0 Å². The number of nitrogens with zero attached hydrogens (tertiary/aromatic N) is 1. The summed E-state index contributed by atoms with van der Waals surface area (Å²) in [6.07, 6.45) is 3.21. The highest BCUT2D eigenvalue weighted by Gasteiger charge is 2.07. The summed E-state index contributed by atoms with van der Waals surface area (Å²) in [4.78, 5) is 4.82. The van der Waals surface area contributed by atoms with Gasteiger partial charge in [0.1, 0.15) is 5.84 Å². The smallest absolute Gasteiger partial charge is 0.101 e. The average molecular weight is 357 g/mol. The first kappa shape index (κ1) is 17.8. The molecule has 1 aliphatic rings. The van der Waals surface area contributed by atoms with Crippen LogP contribution in [-0.4, -0.2) is 25.5 Å². The minimum absolute atomic E-state index is 0.636. The van der Waals surface area contributed by atoms with Gasteiger partial charge < -0.3 is 16.0 Å². The summed E-state index contributed by atoms with van der Waals surface area (Å²) in [5.74, 6) is 1.02. The lowest BCUT2D eigenvalue weighted by molar-refractivity contribution is 0.640. The molecule has 1 heterocycles. The highest BCUT2D eigenvalue weighted by Crippen LogP contribution is 2.22. The van der Waals surface area contributed by atoms with E-state index in [1.54, 1.807) is 0 Å². The van der Waals surface area contributed by atoms with Crippen molar-refractivity contribution in [2.45, 2.75) is 25.8 Å². The molecule has 25 heavy (non-hydrogen) atoms. The lowest BCUT2D eigenvalue weighted by Crippen LogP contribution is -2.25. The van der Waals surface area contributed by atoms with Crippen LogP contribution in [0.3, 0.4) is 0 Å². The Bertz CT molecular complexity index is 714.